The molecule has 2 unspecified atom stereocenters. The van der Waals surface area contributed by atoms with Gasteiger partial charge >= 0.3 is 0 Å². The average Bonchev–Trinajstić information content (AvgIpc) is 1.84. The molecule has 0 heterocycles. The standard InChI is InChI=1S/C8H18N2O/c1-5(2)4-6(3)7(9)8(10)11/h5-7H,4,9H2,1-3H3,(H2,10,11). The quantitative estimate of drug-likeness (QED) is 0.625. The van der Waals surface area contributed by atoms with Crippen LogP contribution in [0.5, 0.6) is 0 Å². The molecule has 0 aliphatic rings. The fourth-order valence-electron chi connectivity index (χ4n) is 1.17. The van der Waals surface area contributed by atoms with Crippen LogP contribution in [-0.4, -0.2) is 11.9 Å². The zero-order valence-corrected chi connectivity index (χ0v) is 7.50. The van der Waals surface area contributed by atoms with E-state index in [1.165, 1.54) is 0 Å². The summed E-state index contributed by atoms with van der Waals surface area (Å²) in [5, 5.41) is 0. The minimum atomic E-state index is -0.489. The molecule has 3 nitrogen and oxygen atoms in total. The Morgan fingerprint density at radius 1 is 1.36 bits per heavy atom. The largest absolute Gasteiger partial charge is 0.368 e. The van der Waals surface area contributed by atoms with Gasteiger partial charge in [-0.05, 0) is 18.3 Å². The van der Waals surface area contributed by atoms with E-state index in [0.717, 1.165) is 6.42 Å². The van der Waals surface area contributed by atoms with Crippen LogP contribution < -0.4 is 11.5 Å². The van der Waals surface area contributed by atoms with E-state index in [-0.39, 0.29) is 5.92 Å². The molecule has 2 atom stereocenters. The van der Waals surface area contributed by atoms with E-state index < -0.39 is 11.9 Å². The summed E-state index contributed by atoms with van der Waals surface area (Å²) in [5.41, 5.74) is 10.6. The number of hydrogen-bond donors (Lipinski definition) is 2. The van der Waals surface area contributed by atoms with Crippen LogP contribution in [0.15, 0.2) is 0 Å². The Morgan fingerprint density at radius 2 is 1.82 bits per heavy atom. The molecule has 0 saturated heterocycles. The van der Waals surface area contributed by atoms with Crippen molar-refractivity contribution in [3.05, 3.63) is 0 Å². The summed E-state index contributed by atoms with van der Waals surface area (Å²) >= 11 is 0. The summed E-state index contributed by atoms with van der Waals surface area (Å²) in [7, 11) is 0. The molecule has 1 amide bonds. The van der Waals surface area contributed by atoms with E-state index in [4.69, 9.17) is 11.5 Å². The van der Waals surface area contributed by atoms with Crippen LogP contribution in [0.4, 0.5) is 0 Å². The molecule has 4 N–H and O–H groups in total. The maximum atomic E-state index is 10.6. The minimum Gasteiger partial charge on any atom is -0.368 e. The highest BCUT2D eigenvalue weighted by Crippen LogP contribution is 2.12. The van der Waals surface area contributed by atoms with E-state index >= 15 is 0 Å². The predicted octanol–water partition coefficient (Wildman–Crippen LogP) is 0.481. The summed E-state index contributed by atoms with van der Waals surface area (Å²) in [6.07, 6.45) is 0.949. The summed E-state index contributed by atoms with van der Waals surface area (Å²) in [5.74, 6) is 0.348. The maximum Gasteiger partial charge on any atom is 0.234 e. The molecule has 0 saturated carbocycles. The van der Waals surface area contributed by atoms with Crippen LogP contribution in [0.25, 0.3) is 0 Å². The van der Waals surface area contributed by atoms with Crippen LogP contribution in [-0.2, 0) is 4.79 Å². The third kappa shape index (κ3) is 3.98. The molecule has 66 valence electrons. The highest BCUT2D eigenvalue weighted by molar-refractivity contribution is 5.79. The molecule has 11 heavy (non-hydrogen) atoms. The molecule has 0 aromatic carbocycles. The molecule has 0 fully saturated rings. The van der Waals surface area contributed by atoms with Crippen molar-refractivity contribution in [1.82, 2.24) is 0 Å². The molecule has 0 rings (SSSR count). The van der Waals surface area contributed by atoms with E-state index in [1.807, 2.05) is 6.92 Å². The minimum absolute atomic E-state index is 0.187. The summed E-state index contributed by atoms with van der Waals surface area (Å²) in [6, 6.07) is -0.489. The number of amides is 1. The number of hydrogen-bond acceptors (Lipinski definition) is 2. The summed E-state index contributed by atoms with van der Waals surface area (Å²) in [6.45, 7) is 6.16. The van der Waals surface area contributed by atoms with Gasteiger partial charge in [0.05, 0.1) is 6.04 Å². The molecule has 0 aromatic rings. The monoisotopic (exact) mass is 158 g/mol. The second-order valence-electron chi connectivity index (χ2n) is 3.53. The second-order valence-corrected chi connectivity index (χ2v) is 3.53. The highest BCUT2D eigenvalue weighted by Gasteiger charge is 2.18. The Balaban J connectivity index is 3.82. The Morgan fingerprint density at radius 3 is 2.09 bits per heavy atom. The molecule has 0 radical (unpaired) electrons. The van der Waals surface area contributed by atoms with Gasteiger partial charge in [-0.15, -0.1) is 0 Å². The van der Waals surface area contributed by atoms with Gasteiger partial charge in [-0.25, -0.2) is 0 Å². The van der Waals surface area contributed by atoms with Gasteiger partial charge in [0.25, 0.3) is 0 Å². The number of carbonyl (C=O) groups is 1. The fraction of sp³-hybridized carbons (Fsp3) is 0.875. The molecule has 0 aromatic heterocycles. The molecule has 0 spiro atoms. The van der Waals surface area contributed by atoms with Crippen LogP contribution >= 0.6 is 0 Å². The number of nitrogens with two attached hydrogens (primary N) is 2. The Hall–Kier alpha value is -0.570. The lowest BCUT2D eigenvalue weighted by Gasteiger charge is -2.18. The normalized spacial score (nSPS) is 16.5. The second kappa shape index (κ2) is 4.34. The van der Waals surface area contributed by atoms with Gasteiger partial charge < -0.3 is 11.5 Å². The lowest BCUT2D eigenvalue weighted by Crippen LogP contribution is -2.41. The fourth-order valence-corrected chi connectivity index (χ4v) is 1.17. The van der Waals surface area contributed by atoms with Crippen LogP contribution in [0.1, 0.15) is 27.2 Å². The van der Waals surface area contributed by atoms with Gasteiger partial charge in [-0.1, -0.05) is 20.8 Å². The van der Waals surface area contributed by atoms with Crippen molar-refractivity contribution in [1.29, 1.82) is 0 Å². The van der Waals surface area contributed by atoms with Gasteiger partial charge in [-0.2, -0.15) is 0 Å². The first kappa shape index (κ1) is 10.4. The zero-order chi connectivity index (χ0) is 9.02. The maximum absolute atomic E-state index is 10.6. The lowest BCUT2D eigenvalue weighted by atomic mass is 9.92. The number of primary amides is 1. The van der Waals surface area contributed by atoms with Crippen molar-refractivity contribution in [2.75, 3.05) is 0 Å². The van der Waals surface area contributed by atoms with E-state index in [9.17, 15) is 4.79 Å². The third-order valence-electron chi connectivity index (χ3n) is 1.78. The topological polar surface area (TPSA) is 69.1 Å². The van der Waals surface area contributed by atoms with Gasteiger partial charge in [0.1, 0.15) is 0 Å². The summed E-state index contributed by atoms with van der Waals surface area (Å²) < 4.78 is 0. The van der Waals surface area contributed by atoms with Crippen molar-refractivity contribution in [2.24, 2.45) is 23.3 Å². The first-order valence-electron chi connectivity index (χ1n) is 4.00. The van der Waals surface area contributed by atoms with Gasteiger partial charge in [-0.3, -0.25) is 4.79 Å². The molecule has 0 bridgehead atoms. The molecule has 0 aliphatic heterocycles. The van der Waals surface area contributed by atoms with Crippen molar-refractivity contribution >= 4 is 5.91 Å². The first-order chi connectivity index (χ1) is 4.95. The molecular formula is C8H18N2O. The van der Waals surface area contributed by atoms with Crippen LogP contribution in [0.3, 0.4) is 0 Å². The van der Waals surface area contributed by atoms with Crippen molar-refractivity contribution in [3.63, 3.8) is 0 Å². The van der Waals surface area contributed by atoms with Gasteiger partial charge in [0.2, 0.25) is 5.91 Å². The summed E-state index contributed by atoms with van der Waals surface area (Å²) in [4.78, 5) is 10.6. The Bertz CT molecular complexity index is 134. The van der Waals surface area contributed by atoms with E-state index in [0.29, 0.717) is 5.92 Å². The predicted molar refractivity (Wildman–Crippen MR) is 45.8 cm³/mol. The molecule has 3 heteroatoms. The Labute approximate surface area is 68.1 Å². The van der Waals surface area contributed by atoms with E-state index in [2.05, 4.69) is 13.8 Å². The lowest BCUT2D eigenvalue weighted by molar-refractivity contribution is -0.120. The van der Waals surface area contributed by atoms with Gasteiger partial charge in [0.15, 0.2) is 0 Å². The highest BCUT2D eigenvalue weighted by atomic mass is 16.1. The van der Waals surface area contributed by atoms with Crippen molar-refractivity contribution in [3.8, 4) is 0 Å². The van der Waals surface area contributed by atoms with Crippen molar-refractivity contribution in [2.45, 2.75) is 33.2 Å². The van der Waals surface area contributed by atoms with Crippen molar-refractivity contribution < 1.29 is 4.79 Å². The molecular weight excluding hydrogens is 140 g/mol. The number of rotatable bonds is 4. The van der Waals surface area contributed by atoms with Crippen LogP contribution in [0, 0.1) is 11.8 Å². The van der Waals surface area contributed by atoms with Gasteiger partial charge in [0, 0.05) is 0 Å². The Kier molecular flexibility index (Phi) is 4.11. The average molecular weight is 158 g/mol. The van der Waals surface area contributed by atoms with E-state index in [1.54, 1.807) is 0 Å². The molecule has 0 aliphatic carbocycles. The number of carbonyl (C=O) groups excluding carboxylic acids is 1. The zero-order valence-electron chi connectivity index (χ0n) is 7.50. The SMILES string of the molecule is CC(C)CC(C)C(N)C(N)=O. The van der Waals surface area contributed by atoms with Crippen LogP contribution in [0.2, 0.25) is 0 Å². The third-order valence-corrected chi connectivity index (χ3v) is 1.78. The first-order valence-corrected chi connectivity index (χ1v) is 4.00. The smallest absolute Gasteiger partial charge is 0.234 e.